The minimum atomic E-state index is -0.373. The summed E-state index contributed by atoms with van der Waals surface area (Å²) in [5, 5.41) is 15.0. The van der Waals surface area contributed by atoms with Crippen molar-refractivity contribution in [1.82, 2.24) is 5.43 Å². The minimum Gasteiger partial charge on any atom is -0.496 e. The van der Waals surface area contributed by atoms with Crippen LogP contribution in [0.1, 0.15) is 11.1 Å². The van der Waals surface area contributed by atoms with E-state index in [0.29, 0.717) is 17.1 Å². The first-order chi connectivity index (χ1) is 16.2. The van der Waals surface area contributed by atoms with Crippen molar-refractivity contribution in [2.45, 2.75) is 0 Å². The summed E-state index contributed by atoms with van der Waals surface area (Å²) in [6.45, 7) is -0.166. The van der Waals surface area contributed by atoms with E-state index in [0.717, 1.165) is 27.5 Å². The van der Waals surface area contributed by atoms with Gasteiger partial charge in [0.25, 0.3) is 5.91 Å². The van der Waals surface area contributed by atoms with Gasteiger partial charge in [-0.15, -0.1) is 0 Å². The van der Waals surface area contributed by atoms with E-state index in [1.54, 1.807) is 37.6 Å². The molecule has 33 heavy (non-hydrogen) atoms. The van der Waals surface area contributed by atoms with Crippen LogP contribution in [-0.2, 0) is 4.79 Å². The van der Waals surface area contributed by atoms with E-state index in [2.05, 4.69) is 16.6 Å². The Morgan fingerprint density at radius 2 is 1.67 bits per heavy atom. The van der Waals surface area contributed by atoms with Gasteiger partial charge in [-0.3, -0.25) is 4.79 Å². The summed E-state index contributed by atoms with van der Waals surface area (Å²) >= 11 is 0. The van der Waals surface area contributed by atoms with Crippen LogP contribution in [0.2, 0.25) is 0 Å². The second kappa shape index (κ2) is 10.1. The van der Waals surface area contributed by atoms with Gasteiger partial charge in [-0.1, -0.05) is 54.6 Å². The first-order valence-electron chi connectivity index (χ1n) is 10.3. The van der Waals surface area contributed by atoms with Crippen LogP contribution in [0.3, 0.4) is 0 Å². The van der Waals surface area contributed by atoms with Gasteiger partial charge in [0.15, 0.2) is 6.61 Å². The summed E-state index contributed by atoms with van der Waals surface area (Å²) in [7, 11) is 1.60. The van der Waals surface area contributed by atoms with E-state index in [9.17, 15) is 4.79 Å². The third kappa shape index (κ3) is 5.17. The summed E-state index contributed by atoms with van der Waals surface area (Å²) in [5.41, 5.74) is 5.88. The highest BCUT2D eigenvalue weighted by Gasteiger charge is 2.07. The number of hydrazone groups is 1. The molecule has 0 aliphatic heterocycles. The number of ether oxygens (including phenoxy) is 2. The number of methoxy groups -OCH3 is 1. The number of nitriles is 1. The first-order valence-corrected chi connectivity index (χ1v) is 10.3. The van der Waals surface area contributed by atoms with Gasteiger partial charge >= 0.3 is 0 Å². The number of nitrogens with one attached hydrogen (secondary N) is 1. The maximum absolute atomic E-state index is 12.2. The molecule has 0 unspecified atom stereocenters. The van der Waals surface area contributed by atoms with Crippen molar-refractivity contribution in [3.05, 3.63) is 96.1 Å². The van der Waals surface area contributed by atoms with E-state index < -0.39 is 0 Å². The maximum atomic E-state index is 12.2. The molecule has 1 N–H and O–H groups in total. The van der Waals surface area contributed by atoms with Crippen LogP contribution in [0, 0.1) is 11.3 Å². The molecule has 0 aliphatic carbocycles. The highest BCUT2D eigenvalue weighted by molar-refractivity contribution is 6.02. The molecule has 0 aromatic heterocycles. The molecule has 6 nitrogen and oxygen atoms in total. The number of carbonyl (C=O) groups excluding carboxylic acids is 1. The Morgan fingerprint density at radius 1 is 0.970 bits per heavy atom. The molecule has 0 heterocycles. The predicted molar refractivity (Wildman–Crippen MR) is 128 cm³/mol. The second-order valence-corrected chi connectivity index (χ2v) is 7.20. The fourth-order valence-corrected chi connectivity index (χ4v) is 3.42. The molecule has 0 radical (unpaired) electrons. The SMILES string of the molecule is COc1ccc2ccccc2c1/C=N/NC(=O)COc1ccc(-c2ccc(C#N)cc2)cc1. The number of amides is 1. The predicted octanol–water partition coefficient (Wildman–Crippen LogP) is 4.92. The molecule has 1 amide bonds. The Hall–Kier alpha value is -4.63. The lowest BCUT2D eigenvalue weighted by Crippen LogP contribution is -2.24. The number of rotatable bonds is 7. The number of benzene rings is 4. The van der Waals surface area contributed by atoms with Crippen molar-refractivity contribution in [3.63, 3.8) is 0 Å². The highest BCUT2D eigenvalue weighted by atomic mass is 16.5. The Balaban J connectivity index is 1.35. The van der Waals surface area contributed by atoms with Crippen molar-refractivity contribution >= 4 is 22.9 Å². The van der Waals surface area contributed by atoms with Crippen LogP contribution in [0.4, 0.5) is 0 Å². The molecule has 6 heteroatoms. The Morgan fingerprint density at radius 3 is 2.36 bits per heavy atom. The maximum Gasteiger partial charge on any atom is 0.277 e. The summed E-state index contributed by atoms with van der Waals surface area (Å²) in [6, 6.07) is 28.6. The molecular weight excluding hydrogens is 414 g/mol. The fourth-order valence-electron chi connectivity index (χ4n) is 3.42. The molecule has 4 aromatic carbocycles. The second-order valence-electron chi connectivity index (χ2n) is 7.20. The lowest BCUT2D eigenvalue weighted by Gasteiger charge is -2.09. The zero-order valence-corrected chi connectivity index (χ0v) is 18.0. The van der Waals surface area contributed by atoms with Crippen molar-refractivity contribution in [1.29, 1.82) is 5.26 Å². The topological polar surface area (TPSA) is 83.7 Å². The summed E-state index contributed by atoms with van der Waals surface area (Å²) < 4.78 is 11.0. The molecule has 0 spiro atoms. The van der Waals surface area contributed by atoms with Gasteiger partial charge in [0.1, 0.15) is 11.5 Å². The normalized spacial score (nSPS) is 10.7. The molecular formula is C27H21N3O3. The number of hydrogen-bond donors (Lipinski definition) is 1. The molecule has 4 rings (SSSR count). The van der Waals surface area contributed by atoms with Crippen molar-refractivity contribution < 1.29 is 14.3 Å². The number of carbonyl (C=O) groups is 1. The molecule has 0 saturated carbocycles. The standard InChI is InChI=1S/C27H21N3O3/c1-32-26-15-12-22-4-2-3-5-24(22)25(26)17-29-30-27(31)18-33-23-13-10-21(11-14-23)20-8-6-19(16-28)7-9-20/h2-15,17H,18H2,1H3,(H,30,31)/b29-17+. The third-order valence-electron chi connectivity index (χ3n) is 5.11. The first kappa shape index (κ1) is 21.6. The molecule has 0 bridgehead atoms. The van der Waals surface area contributed by atoms with E-state index in [1.165, 1.54) is 0 Å². The van der Waals surface area contributed by atoms with Gasteiger partial charge in [0.2, 0.25) is 0 Å². The van der Waals surface area contributed by atoms with E-state index in [-0.39, 0.29) is 12.5 Å². The molecule has 0 aliphatic rings. The van der Waals surface area contributed by atoms with Crippen molar-refractivity contribution in [2.24, 2.45) is 5.10 Å². The van der Waals surface area contributed by atoms with Crippen molar-refractivity contribution in [3.8, 4) is 28.7 Å². The van der Waals surface area contributed by atoms with Gasteiger partial charge in [0, 0.05) is 5.56 Å². The van der Waals surface area contributed by atoms with E-state index >= 15 is 0 Å². The molecule has 0 atom stereocenters. The molecule has 162 valence electrons. The molecule has 4 aromatic rings. The van der Waals surface area contributed by atoms with Crippen LogP contribution in [0.5, 0.6) is 11.5 Å². The van der Waals surface area contributed by atoms with Gasteiger partial charge in [-0.2, -0.15) is 10.4 Å². The smallest absolute Gasteiger partial charge is 0.277 e. The lowest BCUT2D eigenvalue weighted by molar-refractivity contribution is -0.123. The van der Waals surface area contributed by atoms with Gasteiger partial charge in [-0.25, -0.2) is 5.43 Å². The zero-order chi connectivity index (χ0) is 23.0. The number of fused-ring (bicyclic) bond motifs is 1. The Labute approximate surface area is 191 Å². The average Bonchev–Trinajstić information content (AvgIpc) is 2.88. The minimum absolute atomic E-state index is 0.166. The van der Waals surface area contributed by atoms with Crippen LogP contribution in [0.15, 0.2) is 90.0 Å². The largest absolute Gasteiger partial charge is 0.496 e. The summed E-state index contributed by atoms with van der Waals surface area (Å²) in [5.74, 6) is 0.870. The average molecular weight is 435 g/mol. The number of hydrogen-bond acceptors (Lipinski definition) is 5. The highest BCUT2D eigenvalue weighted by Crippen LogP contribution is 2.26. The van der Waals surface area contributed by atoms with Crippen LogP contribution >= 0.6 is 0 Å². The fraction of sp³-hybridized carbons (Fsp3) is 0.0741. The zero-order valence-electron chi connectivity index (χ0n) is 18.0. The quantitative estimate of drug-likeness (QED) is 0.330. The van der Waals surface area contributed by atoms with Crippen LogP contribution in [-0.4, -0.2) is 25.8 Å². The monoisotopic (exact) mass is 435 g/mol. The van der Waals surface area contributed by atoms with Crippen LogP contribution in [0.25, 0.3) is 21.9 Å². The van der Waals surface area contributed by atoms with Crippen molar-refractivity contribution in [2.75, 3.05) is 13.7 Å². The lowest BCUT2D eigenvalue weighted by atomic mass is 10.0. The number of nitrogens with zero attached hydrogens (tertiary/aromatic N) is 2. The van der Waals surface area contributed by atoms with Gasteiger partial charge in [-0.05, 0) is 52.2 Å². The van der Waals surface area contributed by atoms with Crippen LogP contribution < -0.4 is 14.9 Å². The van der Waals surface area contributed by atoms with Gasteiger partial charge in [0.05, 0.1) is 25.0 Å². The Kier molecular flexibility index (Phi) is 6.62. The van der Waals surface area contributed by atoms with E-state index in [4.69, 9.17) is 14.7 Å². The molecule has 0 fully saturated rings. The van der Waals surface area contributed by atoms with Gasteiger partial charge < -0.3 is 9.47 Å². The summed E-state index contributed by atoms with van der Waals surface area (Å²) in [6.07, 6.45) is 1.57. The third-order valence-corrected chi connectivity index (χ3v) is 5.11. The molecule has 0 saturated heterocycles. The summed E-state index contributed by atoms with van der Waals surface area (Å²) in [4.78, 5) is 12.2. The Bertz CT molecular complexity index is 1340. The van der Waals surface area contributed by atoms with E-state index in [1.807, 2.05) is 60.7 Å².